The maximum absolute atomic E-state index is 5.92. The third kappa shape index (κ3) is 2.38. The molecule has 0 aliphatic carbocycles. The van der Waals surface area contributed by atoms with Crippen LogP contribution in [0.4, 0.5) is 0 Å². The molecule has 1 heterocycles. The van der Waals surface area contributed by atoms with Gasteiger partial charge in [-0.2, -0.15) is 0 Å². The van der Waals surface area contributed by atoms with Gasteiger partial charge in [0.2, 0.25) is 5.75 Å². The molecule has 0 amide bonds. The van der Waals surface area contributed by atoms with Crippen LogP contribution in [-0.2, 0) is 0 Å². The van der Waals surface area contributed by atoms with Crippen LogP contribution in [0.2, 0.25) is 0 Å². The Labute approximate surface area is 120 Å². The zero-order valence-corrected chi connectivity index (χ0v) is 12.8. The molecule has 0 fully saturated rings. The summed E-state index contributed by atoms with van der Waals surface area (Å²) >= 11 is 0. The highest BCUT2D eigenvalue weighted by Gasteiger charge is 2.37. The lowest BCUT2D eigenvalue weighted by atomic mass is 10.0. The number of fused-ring (bicyclic) bond motifs is 1. The van der Waals surface area contributed by atoms with E-state index in [0.29, 0.717) is 17.2 Å². The first kappa shape index (κ1) is 14.8. The number of methoxy groups -OCH3 is 3. The topological polar surface area (TPSA) is 49.0 Å². The van der Waals surface area contributed by atoms with E-state index in [1.165, 1.54) is 0 Å². The SMILES string of the molecule is CCCNC1c2c(cc(OC)c(OC)c2OC)OC1C. The Balaban J connectivity index is 2.51. The molecule has 0 aromatic heterocycles. The smallest absolute Gasteiger partial charge is 0.203 e. The van der Waals surface area contributed by atoms with E-state index < -0.39 is 0 Å². The second kappa shape index (κ2) is 6.22. The summed E-state index contributed by atoms with van der Waals surface area (Å²) in [6, 6.07) is 1.96. The Bertz CT molecular complexity index is 475. The molecule has 2 rings (SSSR count). The molecule has 1 aliphatic rings. The van der Waals surface area contributed by atoms with Gasteiger partial charge in [0.15, 0.2) is 11.5 Å². The van der Waals surface area contributed by atoms with Crippen LogP contribution < -0.4 is 24.3 Å². The second-order valence-electron chi connectivity index (χ2n) is 4.81. The first-order chi connectivity index (χ1) is 9.67. The van der Waals surface area contributed by atoms with Crippen LogP contribution in [0.25, 0.3) is 0 Å². The van der Waals surface area contributed by atoms with Crippen LogP contribution in [0.1, 0.15) is 31.9 Å². The lowest BCUT2D eigenvalue weighted by Crippen LogP contribution is -2.29. The summed E-state index contributed by atoms with van der Waals surface area (Å²) in [5.41, 5.74) is 1.01. The fraction of sp³-hybridized carbons (Fsp3) is 0.600. The van der Waals surface area contributed by atoms with Gasteiger partial charge in [-0.15, -0.1) is 0 Å². The van der Waals surface area contributed by atoms with E-state index in [1.54, 1.807) is 21.3 Å². The van der Waals surface area contributed by atoms with Crippen molar-refractivity contribution in [3.8, 4) is 23.0 Å². The van der Waals surface area contributed by atoms with Gasteiger partial charge in [-0.25, -0.2) is 0 Å². The Morgan fingerprint density at radius 1 is 1.15 bits per heavy atom. The molecule has 2 atom stereocenters. The third-order valence-corrected chi connectivity index (χ3v) is 3.54. The highest BCUT2D eigenvalue weighted by atomic mass is 16.5. The molecule has 20 heavy (non-hydrogen) atoms. The number of benzene rings is 1. The molecule has 0 saturated heterocycles. The minimum absolute atomic E-state index is 0.0438. The summed E-state index contributed by atoms with van der Waals surface area (Å²) < 4.78 is 22.3. The van der Waals surface area contributed by atoms with E-state index in [-0.39, 0.29) is 12.1 Å². The van der Waals surface area contributed by atoms with E-state index >= 15 is 0 Å². The van der Waals surface area contributed by atoms with Gasteiger partial charge >= 0.3 is 0 Å². The van der Waals surface area contributed by atoms with Crippen molar-refractivity contribution in [2.24, 2.45) is 0 Å². The molecule has 0 saturated carbocycles. The molecule has 0 radical (unpaired) electrons. The van der Waals surface area contributed by atoms with E-state index in [2.05, 4.69) is 12.2 Å². The molecule has 0 spiro atoms. The van der Waals surface area contributed by atoms with E-state index in [0.717, 1.165) is 24.3 Å². The van der Waals surface area contributed by atoms with Gasteiger partial charge in [-0.1, -0.05) is 6.92 Å². The molecule has 1 aliphatic heterocycles. The number of ether oxygens (including phenoxy) is 4. The predicted molar refractivity (Wildman–Crippen MR) is 77.2 cm³/mol. The van der Waals surface area contributed by atoms with Crippen LogP contribution in [0.3, 0.4) is 0 Å². The predicted octanol–water partition coefficient (Wildman–Crippen LogP) is 2.53. The zero-order chi connectivity index (χ0) is 14.7. The summed E-state index contributed by atoms with van der Waals surface area (Å²) in [6.45, 7) is 5.11. The minimum atomic E-state index is 0.0438. The molecule has 0 bridgehead atoms. The van der Waals surface area contributed by atoms with Crippen molar-refractivity contribution in [3.63, 3.8) is 0 Å². The van der Waals surface area contributed by atoms with Gasteiger partial charge in [-0.05, 0) is 19.9 Å². The van der Waals surface area contributed by atoms with Crippen LogP contribution in [-0.4, -0.2) is 34.0 Å². The van der Waals surface area contributed by atoms with Crippen molar-refractivity contribution < 1.29 is 18.9 Å². The molecule has 5 nitrogen and oxygen atoms in total. The summed E-state index contributed by atoms with van der Waals surface area (Å²) in [5.74, 6) is 2.70. The monoisotopic (exact) mass is 281 g/mol. The third-order valence-electron chi connectivity index (χ3n) is 3.54. The quantitative estimate of drug-likeness (QED) is 0.868. The maximum atomic E-state index is 5.92. The highest BCUT2D eigenvalue weighted by Crippen LogP contribution is 2.51. The van der Waals surface area contributed by atoms with Gasteiger partial charge in [0, 0.05) is 6.07 Å². The number of nitrogens with one attached hydrogen (secondary N) is 1. The lowest BCUT2D eigenvalue weighted by molar-refractivity contribution is 0.209. The highest BCUT2D eigenvalue weighted by molar-refractivity contribution is 5.64. The van der Waals surface area contributed by atoms with Crippen molar-refractivity contribution >= 4 is 0 Å². The van der Waals surface area contributed by atoms with Crippen molar-refractivity contribution in [2.45, 2.75) is 32.4 Å². The molecule has 1 aromatic carbocycles. The zero-order valence-electron chi connectivity index (χ0n) is 12.8. The van der Waals surface area contributed by atoms with E-state index in [1.807, 2.05) is 13.0 Å². The standard InChI is InChI=1S/C15H23NO4/c1-6-7-16-13-9(2)20-10-8-11(17-3)14(18-4)15(19-5)12(10)13/h8-9,13,16H,6-7H2,1-5H3. The first-order valence-electron chi connectivity index (χ1n) is 6.90. The molecule has 2 unspecified atom stereocenters. The fourth-order valence-corrected chi connectivity index (χ4v) is 2.62. The number of hydrogen-bond donors (Lipinski definition) is 1. The Hall–Kier alpha value is -1.62. The lowest BCUT2D eigenvalue weighted by Gasteiger charge is -2.19. The van der Waals surface area contributed by atoms with Gasteiger partial charge in [0.25, 0.3) is 0 Å². The normalized spacial score (nSPS) is 20.2. The van der Waals surface area contributed by atoms with E-state index in [4.69, 9.17) is 18.9 Å². The molecule has 5 heteroatoms. The number of rotatable bonds is 6. The summed E-state index contributed by atoms with van der Waals surface area (Å²) in [6.07, 6.45) is 1.11. The molecular weight excluding hydrogens is 258 g/mol. The van der Waals surface area contributed by atoms with Crippen molar-refractivity contribution in [3.05, 3.63) is 11.6 Å². The Morgan fingerprint density at radius 3 is 2.40 bits per heavy atom. The minimum Gasteiger partial charge on any atom is -0.493 e. The van der Waals surface area contributed by atoms with Crippen LogP contribution >= 0.6 is 0 Å². The van der Waals surface area contributed by atoms with Crippen LogP contribution in [0.5, 0.6) is 23.0 Å². The van der Waals surface area contributed by atoms with Crippen molar-refractivity contribution in [1.29, 1.82) is 0 Å². The van der Waals surface area contributed by atoms with Crippen molar-refractivity contribution in [2.75, 3.05) is 27.9 Å². The van der Waals surface area contributed by atoms with Gasteiger partial charge in [-0.3, -0.25) is 0 Å². The second-order valence-corrected chi connectivity index (χ2v) is 4.81. The maximum Gasteiger partial charge on any atom is 0.203 e. The fourth-order valence-electron chi connectivity index (χ4n) is 2.62. The molecule has 1 N–H and O–H groups in total. The Kier molecular flexibility index (Phi) is 4.60. The summed E-state index contributed by atoms with van der Waals surface area (Å²) in [7, 11) is 4.85. The van der Waals surface area contributed by atoms with E-state index in [9.17, 15) is 0 Å². The summed E-state index contributed by atoms with van der Waals surface area (Å²) in [5, 5.41) is 3.50. The van der Waals surface area contributed by atoms with Gasteiger partial charge in [0.1, 0.15) is 11.9 Å². The van der Waals surface area contributed by atoms with Crippen LogP contribution in [0.15, 0.2) is 6.07 Å². The first-order valence-corrected chi connectivity index (χ1v) is 6.90. The van der Waals surface area contributed by atoms with Gasteiger partial charge in [0.05, 0.1) is 32.9 Å². The largest absolute Gasteiger partial charge is 0.493 e. The number of hydrogen-bond acceptors (Lipinski definition) is 5. The van der Waals surface area contributed by atoms with Crippen molar-refractivity contribution in [1.82, 2.24) is 5.32 Å². The Morgan fingerprint density at radius 2 is 1.85 bits per heavy atom. The molecule has 112 valence electrons. The summed E-state index contributed by atoms with van der Waals surface area (Å²) in [4.78, 5) is 0. The van der Waals surface area contributed by atoms with Gasteiger partial charge < -0.3 is 24.3 Å². The average Bonchev–Trinajstić information content (AvgIpc) is 2.78. The molecular formula is C15H23NO4. The average molecular weight is 281 g/mol. The molecule has 1 aromatic rings. The van der Waals surface area contributed by atoms with Crippen LogP contribution in [0, 0.1) is 0 Å².